The van der Waals surface area contributed by atoms with Crippen molar-refractivity contribution in [1.82, 2.24) is 0 Å². The molecule has 0 atom stereocenters. The van der Waals surface area contributed by atoms with Gasteiger partial charge in [0.1, 0.15) is 5.75 Å². The third kappa shape index (κ3) is 17.2. The van der Waals surface area contributed by atoms with Crippen molar-refractivity contribution in [2.75, 3.05) is 0 Å². The number of para-hydroxylation sites is 1. The number of phenolic OH excluding ortho intramolecular Hbond substituents is 1. The maximum absolute atomic E-state index is 8.63. The van der Waals surface area contributed by atoms with E-state index in [9.17, 15) is 0 Å². The summed E-state index contributed by atoms with van der Waals surface area (Å²) in [7, 11) is 0. The summed E-state index contributed by atoms with van der Waals surface area (Å²) < 4.78 is 0. The van der Waals surface area contributed by atoms with Gasteiger partial charge in [-0.15, -0.1) is 0 Å². The molecule has 1 aliphatic rings. The molecular formula is C13H24O. The van der Waals surface area contributed by atoms with Crippen molar-refractivity contribution in [2.45, 2.75) is 47.0 Å². The second-order valence-electron chi connectivity index (χ2n) is 2.40. The van der Waals surface area contributed by atoms with Crippen LogP contribution in [0.25, 0.3) is 0 Å². The quantitative estimate of drug-likeness (QED) is 0.642. The van der Waals surface area contributed by atoms with Crippen LogP contribution in [0.3, 0.4) is 0 Å². The summed E-state index contributed by atoms with van der Waals surface area (Å²) >= 11 is 0. The van der Waals surface area contributed by atoms with Crippen molar-refractivity contribution >= 4 is 0 Å². The van der Waals surface area contributed by atoms with Crippen LogP contribution in [0.15, 0.2) is 30.3 Å². The van der Waals surface area contributed by atoms with Gasteiger partial charge >= 0.3 is 0 Å². The van der Waals surface area contributed by atoms with Crippen LogP contribution in [-0.4, -0.2) is 5.11 Å². The second kappa shape index (κ2) is 14.5. The molecule has 1 aromatic carbocycles. The topological polar surface area (TPSA) is 20.2 Å². The zero-order valence-corrected chi connectivity index (χ0v) is 9.96. The van der Waals surface area contributed by atoms with Crippen LogP contribution in [0.4, 0.5) is 0 Å². The fourth-order valence-electron chi connectivity index (χ4n) is 0.428. The van der Waals surface area contributed by atoms with E-state index in [1.165, 1.54) is 19.3 Å². The van der Waals surface area contributed by atoms with Crippen molar-refractivity contribution in [2.24, 2.45) is 0 Å². The van der Waals surface area contributed by atoms with Gasteiger partial charge in [0.25, 0.3) is 0 Å². The lowest BCUT2D eigenvalue weighted by Gasteiger charge is -1.82. The molecule has 0 spiro atoms. The molecule has 0 aliphatic heterocycles. The Labute approximate surface area is 88.8 Å². The zero-order chi connectivity index (χ0) is 11.2. The Hall–Kier alpha value is -0.980. The fourth-order valence-corrected chi connectivity index (χ4v) is 0.428. The minimum atomic E-state index is 0.322. The molecule has 1 fully saturated rings. The van der Waals surface area contributed by atoms with Crippen LogP contribution in [0.2, 0.25) is 0 Å². The highest BCUT2D eigenvalue weighted by atomic mass is 16.3. The third-order valence-corrected chi connectivity index (χ3v) is 1.11. The van der Waals surface area contributed by atoms with Crippen LogP contribution < -0.4 is 0 Å². The van der Waals surface area contributed by atoms with Gasteiger partial charge in [0.2, 0.25) is 0 Å². The smallest absolute Gasteiger partial charge is 0.115 e. The molecule has 0 heterocycles. The molecule has 1 nitrogen and oxygen atoms in total. The van der Waals surface area contributed by atoms with E-state index in [1.807, 2.05) is 33.8 Å². The Morgan fingerprint density at radius 3 is 1.29 bits per heavy atom. The molecule has 1 saturated carbocycles. The average molecular weight is 196 g/mol. The molecule has 0 bridgehead atoms. The Balaban J connectivity index is 0. The SMILES string of the molecule is C1CC1.CC.CC.Oc1ccccc1. The van der Waals surface area contributed by atoms with Gasteiger partial charge in [0, 0.05) is 0 Å². The Morgan fingerprint density at radius 1 is 0.786 bits per heavy atom. The summed E-state index contributed by atoms with van der Waals surface area (Å²) in [5.41, 5.74) is 0. The summed E-state index contributed by atoms with van der Waals surface area (Å²) in [5.74, 6) is 0.322. The molecule has 2 rings (SSSR count). The standard InChI is InChI=1S/C6H6O.C3H6.2C2H6/c7-6-4-2-1-3-5-6;1-2-3-1;2*1-2/h1-5,7H;1-3H2;2*1-2H3. The minimum absolute atomic E-state index is 0.322. The summed E-state index contributed by atoms with van der Waals surface area (Å²) in [5, 5.41) is 8.63. The van der Waals surface area contributed by atoms with Gasteiger partial charge in [0.05, 0.1) is 0 Å². The number of phenols is 1. The largest absolute Gasteiger partial charge is 0.508 e. The Kier molecular flexibility index (Phi) is 16.1. The maximum atomic E-state index is 8.63. The highest BCUT2D eigenvalue weighted by Crippen LogP contribution is 2.14. The van der Waals surface area contributed by atoms with Gasteiger partial charge in [-0.2, -0.15) is 0 Å². The molecule has 0 aromatic heterocycles. The lowest BCUT2D eigenvalue weighted by molar-refractivity contribution is 0.475. The highest BCUT2D eigenvalue weighted by molar-refractivity contribution is 5.18. The van der Waals surface area contributed by atoms with Crippen LogP contribution in [0.1, 0.15) is 47.0 Å². The highest BCUT2D eigenvalue weighted by Gasteiger charge is 1.95. The van der Waals surface area contributed by atoms with Crippen molar-refractivity contribution in [3.8, 4) is 5.75 Å². The molecule has 0 saturated heterocycles. The van der Waals surface area contributed by atoms with Gasteiger partial charge in [0.15, 0.2) is 0 Å². The molecule has 82 valence electrons. The normalized spacial score (nSPS) is 10.3. The number of hydrogen-bond donors (Lipinski definition) is 1. The van der Waals surface area contributed by atoms with E-state index in [-0.39, 0.29) is 0 Å². The first kappa shape index (κ1) is 15.5. The van der Waals surface area contributed by atoms with Gasteiger partial charge in [-0.25, -0.2) is 0 Å². The Bertz CT molecular complexity index is 165. The molecule has 14 heavy (non-hydrogen) atoms. The number of benzene rings is 1. The van der Waals surface area contributed by atoms with Crippen LogP contribution >= 0.6 is 0 Å². The van der Waals surface area contributed by atoms with Gasteiger partial charge in [-0.05, 0) is 12.1 Å². The molecular weight excluding hydrogens is 172 g/mol. The lowest BCUT2D eigenvalue weighted by atomic mass is 10.3. The number of rotatable bonds is 0. The van der Waals surface area contributed by atoms with Crippen molar-refractivity contribution in [3.05, 3.63) is 30.3 Å². The van der Waals surface area contributed by atoms with Crippen LogP contribution in [0.5, 0.6) is 5.75 Å². The maximum Gasteiger partial charge on any atom is 0.115 e. The number of aromatic hydroxyl groups is 1. The van der Waals surface area contributed by atoms with E-state index in [0.29, 0.717) is 5.75 Å². The fraction of sp³-hybridized carbons (Fsp3) is 0.538. The molecule has 1 N–H and O–H groups in total. The first-order valence-electron chi connectivity index (χ1n) is 5.63. The van der Waals surface area contributed by atoms with Crippen molar-refractivity contribution in [3.63, 3.8) is 0 Å². The van der Waals surface area contributed by atoms with Crippen LogP contribution in [0, 0.1) is 0 Å². The molecule has 1 heteroatoms. The summed E-state index contributed by atoms with van der Waals surface area (Å²) in [4.78, 5) is 0. The molecule has 1 aromatic rings. The summed E-state index contributed by atoms with van der Waals surface area (Å²) in [6.45, 7) is 8.00. The first-order chi connectivity index (χ1) is 6.89. The molecule has 0 radical (unpaired) electrons. The summed E-state index contributed by atoms with van der Waals surface area (Å²) in [6, 6.07) is 8.71. The third-order valence-electron chi connectivity index (χ3n) is 1.11. The first-order valence-corrected chi connectivity index (χ1v) is 5.63. The van der Waals surface area contributed by atoms with Gasteiger partial charge < -0.3 is 5.11 Å². The second-order valence-corrected chi connectivity index (χ2v) is 2.40. The predicted molar refractivity (Wildman–Crippen MR) is 64.7 cm³/mol. The van der Waals surface area contributed by atoms with Gasteiger partial charge in [-0.3, -0.25) is 0 Å². The van der Waals surface area contributed by atoms with E-state index < -0.39 is 0 Å². The minimum Gasteiger partial charge on any atom is -0.508 e. The van der Waals surface area contributed by atoms with Crippen molar-refractivity contribution < 1.29 is 5.11 Å². The molecule has 0 unspecified atom stereocenters. The monoisotopic (exact) mass is 196 g/mol. The van der Waals surface area contributed by atoms with E-state index in [2.05, 4.69) is 0 Å². The van der Waals surface area contributed by atoms with Gasteiger partial charge in [-0.1, -0.05) is 65.2 Å². The van der Waals surface area contributed by atoms with E-state index in [1.54, 1.807) is 24.3 Å². The molecule has 0 amide bonds. The van der Waals surface area contributed by atoms with Crippen LogP contribution in [-0.2, 0) is 0 Å². The van der Waals surface area contributed by atoms with E-state index in [4.69, 9.17) is 5.11 Å². The zero-order valence-electron chi connectivity index (χ0n) is 9.96. The van der Waals surface area contributed by atoms with E-state index >= 15 is 0 Å². The number of hydrogen-bond acceptors (Lipinski definition) is 1. The van der Waals surface area contributed by atoms with Crippen molar-refractivity contribution in [1.29, 1.82) is 0 Å². The summed E-state index contributed by atoms with van der Waals surface area (Å²) in [6.07, 6.45) is 4.50. The molecule has 1 aliphatic carbocycles. The Morgan fingerprint density at radius 2 is 1.14 bits per heavy atom. The lowest BCUT2D eigenvalue weighted by Crippen LogP contribution is -1.56. The predicted octanol–water partition coefficient (Wildman–Crippen LogP) is 4.61. The average Bonchev–Trinajstić information content (AvgIpc) is 3.12. The van der Waals surface area contributed by atoms with E-state index in [0.717, 1.165) is 0 Å².